The van der Waals surface area contributed by atoms with Crippen molar-refractivity contribution in [3.8, 4) is 0 Å². The molecule has 0 aromatic heterocycles. The lowest BCUT2D eigenvalue weighted by Gasteiger charge is -2.22. The number of aldehydes is 1. The van der Waals surface area contributed by atoms with E-state index in [1.807, 2.05) is 6.92 Å². The highest BCUT2D eigenvalue weighted by atomic mass is 16.5. The molecule has 0 radical (unpaired) electrons. The largest absolute Gasteiger partial charge is 0.463 e. The Hall–Kier alpha value is -1.58. The molecule has 0 fully saturated rings. The molecule has 1 atom stereocenters. The zero-order valence-corrected chi connectivity index (χ0v) is 9.16. The predicted molar refractivity (Wildman–Crippen MR) is 55.8 cm³/mol. The molecule has 1 heterocycles. The maximum absolute atomic E-state index is 11.6. The average molecular weight is 209 g/mol. The number of carbonyl (C=O) groups is 2. The first-order chi connectivity index (χ1) is 7.11. The quantitative estimate of drug-likeness (QED) is 0.559. The molecule has 0 saturated carbocycles. The van der Waals surface area contributed by atoms with E-state index in [4.69, 9.17) is 4.74 Å². The fourth-order valence-corrected chi connectivity index (χ4v) is 1.56. The minimum atomic E-state index is -0.359. The van der Waals surface area contributed by atoms with Gasteiger partial charge in [-0.05, 0) is 13.8 Å². The maximum atomic E-state index is 11.6. The molecule has 82 valence electrons. The molecule has 0 aliphatic carbocycles. The average Bonchev–Trinajstić information content (AvgIpc) is 2.18. The van der Waals surface area contributed by atoms with Gasteiger partial charge in [0.15, 0.2) is 0 Å². The van der Waals surface area contributed by atoms with E-state index in [9.17, 15) is 9.59 Å². The molecule has 4 heteroatoms. The lowest BCUT2D eigenvalue weighted by molar-refractivity contribution is -0.139. The van der Waals surface area contributed by atoms with Crippen LogP contribution in [0.1, 0.15) is 20.8 Å². The highest BCUT2D eigenvalue weighted by Crippen LogP contribution is 2.25. The fraction of sp³-hybridized carbons (Fsp3) is 0.455. The molecular weight excluding hydrogens is 194 g/mol. The van der Waals surface area contributed by atoms with Crippen molar-refractivity contribution in [2.24, 2.45) is 5.92 Å². The summed E-state index contributed by atoms with van der Waals surface area (Å²) in [6.07, 6.45) is 2.37. The van der Waals surface area contributed by atoms with Crippen LogP contribution in [0, 0.1) is 5.92 Å². The van der Waals surface area contributed by atoms with Gasteiger partial charge in [0.1, 0.15) is 6.29 Å². The van der Waals surface area contributed by atoms with E-state index in [1.165, 1.54) is 0 Å². The Bertz CT molecular complexity index is 342. The van der Waals surface area contributed by atoms with Gasteiger partial charge in [0, 0.05) is 23.4 Å². The third kappa shape index (κ3) is 2.26. The van der Waals surface area contributed by atoms with E-state index in [-0.39, 0.29) is 11.9 Å². The lowest BCUT2D eigenvalue weighted by atomic mass is 9.90. The summed E-state index contributed by atoms with van der Waals surface area (Å²) < 4.78 is 4.94. The van der Waals surface area contributed by atoms with Gasteiger partial charge in [-0.1, -0.05) is 6.92 Å². The van der Waals surface area contributed by atoms with Crippen LogP contribution < -0.4 is 5.32 Å². The van der Waals surface area contributed by atoms with Crippen LogP contribution in [0.5, 0.6) is 0 Å². The van der Waals surface area contributed by atoms with Crippen molar-refractivity contribution in [1.82, 2.24) is 5.32 Å². The number of rotatable bonds is 3. The number of nitrogens with one attached hydrogen (secondary N) is 1. The van der Waals surface area contributed by atoms with Crippen LogP contribution in [0.25, 0.3) is 0 Å². The summed E-state index contributed by atoms with van der Waals surface area (Å²) in [6.45, 7) is 5.70. The van der Waals surface area contributed by atoms with Crippen LogP contribution in [0.4, 0.5) is 0 Å². The van der Waals surface area contributed by atoms with Crippen molar-refractivity contribution >= 4 is 12.3 Å². The van der Waals surface area contributed by atoms with Gasteiger partial charge in [-0.2, -0.15) is 0 Å². The van der Waals surface area contributed by atoms with Crippen molar-refractivity contribution in [1.29, 1.82) is 0 Å². The van der Waals surface area contributed by atoms with Crippen LogP contribution in [0.2, 0.25) is 0 Å². The van der Waals surface area contributed by atoms with Gasteiger partial charge >= 0.3 is 5.97 Å². The van der Waals surface area contributed by atoms with Crippen LogP contribution in [0.3, 0.4) is 0 Å². The number of hydrogen-bond donors (Lipinski definition) is 1. The summed E-state index contributed by atoms with van der Waals surface area (Å²) in [5.74, 6) is -0.565. The number of esters is 1. The molecule has 0 amide bonds. The van der Waals surface area contributed by atoms with Gasteiger partial charge in [-0.25, -0.2) is 4.79 Å². The summed E-state index contributed by atoms with van der Waals surface area (Å²) in [7, 11) is 0. The molecular formula is C11H15NO3. The zero-order chi connectivity index (χ0) is 11.4. The standard InChI is InChI=1S/C11H15NO3/c1-4-15-11(14)10-7(2)9(6-13)5-12-8(10)3/h5-7,12H,4H2,1-3H3. The lowest BCUT2D eigenvalue weighted by Crippen LogP contribution is -2.26. The molecule has 4 nitrogen and oxygen atoms in total. The van der Waals surface area contributed by atoms with Gasteiger partial charge in [0.2, 0.25) is 0 Å². The number of hydrogen-bond acceptors (Lipinski definition) is 4. The van der Waals surface area contributed by atoms with Crippen LogP contribution in [-0.2, 0) is 14.3 Å². The van der Waals surface area contributed by atoms with E-state index >= 15 is 0 Å². The van der Waals surface area contributed by atoms with Gasteiger partial charge in [-0.15, -0.1) is 0 Å². The smallest absolute Gasteiger partial charge is 0.336 e. The maximum Gasteiger partial charge on any atom is 0.336 e. The molecule has 0 spiro atoms. The second kappa shape index (κ2) is 4.77. The summed E-state index contributed by atoms with van der Waals surface area (Å²) in [4.78, 5) is 22.3. The summed E-state index contributed by atoms with van der Waals surface area (Å²) in [5.41, 5.74) is 1.83. The van der Waals surface area contributed by atoms with Gasteiger partial charge < -0.3 is 10.1 Å². The van der Waals surface area contributed by atoms with E-state index in [0.717, 1.165) is 12.0 Å². The Balaban J connectivity index is 2.94. The monoisotopic (exact) mass is 209 g/mol. The van der Waals surface area contributed by atoms with E-state index in [2.05, 4.69) is 5.32 Å². The Kier molecular flexibility index (Phi) is 3.66. The molecule has 0 bridgehead atoms. The molecule has 0 aromatic carbocycles. The topological polar surface area (TPSA) is 55.4 Å². The van der Waals surface area contributed by atoms with Crippen molar-refractivity contribution in [3.63, 3.8) is 0 Å². The fourth-order valence-electron chi connectivity index (χ4n) is 1.56. The van der Waals surface area contributed by atoms with Gasteiger partial charge in [0.25, 0.3) is 0 Å². The Morgan fingerprint density at radius 3 is 2.87 bits per heavy atom. The van der Waals surface area contributed by atoms with Crippen LogP contribution in [-0.4, -0.2) is 18.9 Å². The molecule has 1 aliphatic rings. The van der Waals surface area contributed by atoms with E-state index in [1.54, 1.807) is 20.0 Å². The Morgan fingerprint density at radius 2 is 2.33 bits per heavy atom. The number of carbonyl (C=O) groups excluding carboxylic acids is 2. The molecule has 15 heavy (non-hydrogen) atoms. The van der Waals surface area contributed by atoms with E-state index in [0.29, 0.717) is 17.8 Å². The third-order valence-electron chi connectivity index (χ3n) is 2.42. The zero-order valence-electron chi connectivity index (χ0n) is 9.16. The third-order valence-corrected chi connectivity index (χ3v) is 2.42. The van der Waals surface area contributed by atoms with Crippen molar-refractivity contribution in [2.75, 3.05) is 6.61 Å². The number of dihydropyridines is 1. The predicted octanol–water partition coefficient (Wildman–Crippen LogP) is 1.15. The first-order valence-electron chi connectivity index (χ1n) is 4.91. The second-order valence-electron chi connectivity index (χ2n) is 3.39. The molecule has 1 N–H and O–H groups in total. The highest BCUT2D eigenvalue weighted by Gasteiger charge is 2.26. The number of allylic oxidation sites excluding steroid dienone is 2. The van der Waals surface area contributed by atoms with Crippen molar-refractivity contribution < 1.29 is 14.3 Å². The Morgan fingerprint density at radius 1 is 1.67 bits per heavy atom. The van der Waals surface area contributed by atoms with Crippen LogP contribution in [0.15, 0.2) is 23.0 Å². The number of ether oxygens (including phenoxy) is 1. The van der Waals surface area contributed by atoms with Crippen molar-refractivity contribution in [2.45, 2.75) is 20.8 Å². The molecule has 0 saturated heterocycles. The first kappa shape index (κ1) is 11.5. The SMILES string of the molecule is CCOC(=O)C1=C(C)NC=C(C=O)C1C. The van der Waals surface area contributed by atoms with Crippen molar-refractivity contribution in [3.05, 3.63) is 23.0 Å². The first-order valence-corrected chi connectivity index (χ1v) is 4.91. The van der Waals surface area contributed by atoms with Gasteiger partial charge in [-0.3, -0.25) is 4.79 Å². The van der Waals surface area contributed by atoms with E-state index < -0.39 is 0 Å². The van der Waals surface area contributed by atoms with Crippen LogP contribution >= 0.6 is 0 Å². The van der Waals surface area contributed by atoms with Gasteiger partial charge in [0.05, 0.1) is 12.2 Å². The molecule has 1 rings (SSSR count). The summed E-state index contributed by atoms with van der Waals surface area (Å²) in [5, 5.41) is 2.89. The molecule has 1 aliphatic heterocycles. The highest BCUT2D eigenvalue weighted by molar-refractivity contribution is 5.93. The molecule has 1 unspecified atom stereocenters. The second-order valence-corrected chi connectivity index (χ2v) is 3.39. The molecule has 0 aromatic rings. The summed E-state index contributed by atoms with van der Waals surface area (Å²) >= 11 is 0. The summed E-state index contributed by atoms with van der Waals surface area (Å²) in [6, 6.07) is 0. The minimum Gasteiger partial charge on any atom is -0.463 e. The Labute approximate surface area is 89.0 Å². The normalized spacial score (nSPS) is 20.5. The minimum absolute atomic E-state index is 0.206.